The molecule has 0 aliphatic heterocycles. The molecule has 1 aromatic heterocycles. The second-order valence-corrected chi connectivity index (χ2v) is 7.52. The van der Waals surface area contributed by atoms with E-state index in [1.54, 1.807) is 0 Å². The van der Waals surface area contributed by atoms with Crippen LogP contribution in [0.1, 0.15) is 50.9 Å². The number of imidazole rings is 1. The highest BCUT2D eigenvalue weighted by Crippen LogP contribution is 2.36. The first-order valence-electron chi connectivity index (χ1n) is 9.18. The number of benzene rings is 2. The summed E-state index contributed by atoms with van der Waals surface area (Å²) in [6, 6.07) is 22.6. The van der Waals surface area contributed by atoms with Gasteiger partial charge in [0.25, 0.3) is 0 Å². The van der Waals surface area contributed by atoms with Crippen molar-refractivity contribution in [1.82, 2.24) is 4.57 Å². The van der Waals surface area contributed by atoms with Gasteiger partial charge < -0.3 is 0 Å². The van der Waals surface area contributed by atoms with Crippen molar-refractivity contribution in [3.05, 3.63) is 90.5 Å². The van der Waals surface area contributed by atoms with Crippen LogP contribution in [0.4, 0.5) is 0 Å². The Hall–Kier alpha value is -2.35. The van der Waals surface area contributed by atoms with Crippen LogP contribution in [0.3, 0.4) is 0 Å². The molecule has 2 heteroatoms. The minimum atomic E-state index is 0.0104. The van der Waals surface area contributed by atoms with E-state index >= 15 is 0 Å². The number of nitrogens with zero attached hydrogens (tertiary/aromatic N) is 2. The van der Waals surface area contributed by atoms with E-state index in [2.05, 4.69) is 116 Å². The van der Waals surface area contributed by atoms with E-state index in [4.69, 9.17) is 0 Å². The molecular formula is C23H29N2+. The fourth-order valence-corrected chi connectivity index (χ4v) is 3.58. The Kier molecular flexibility index (Phi) is 5.08. The summed E-state index contributed by atoms with van der Waals surface area (Å²) in [5.41, 5.74) is 2.77. The molecule has 0 aliphatic carbocycles. The average Bonchev–Trinajstić information content (AvgIpc) is 3.13. The molecular weight excluding hydrogens is 304 g/mol. The van der Waals surface area contributed by atoms with Gasteiger partial charge in [0, 0.05) is 5.41 Å². The summed E-state index contributed by atoms with van der Waals surface area (Å²) < 4.78 is 4.63. The van der Waals surface area contributed by atoms with Crippen molar-refractivity contribution in [3.8, 4) is 0 Å². The summed E-state index contributed by atoms with van der Waals surface area (Å²) in [5, 5.41) is 0. The second kappa shape index (κ2) is 7.26. The fourth-order valence-electron chi connectivity index (χ4n) is 3.58. The van der Waals surface area contributed by atoms with Crippen LogP contribution in [0.2, 0.25) is 0 Å². The third-order valence-electron chi connectivity index (χ3n) is 5.49. The lowest BCUT2D eigenvalue weighted by Crippen LogP contribution is -2.48. The quantitative estimate of drug-likeness (QED) is 0.554. The van der Waals surface area contributed by atoms with Gasteiger partial charge in [0.1, 0.15) is 18.4 Å². The third kappa shape index (κ3) is 3.68. The summed E-state index contributed by atoms with van der Waals surface area (Å²) in [5.74, 6) is 0. The molecule has 0 fully saturated rings. The molecule has 0 bridgehead atoms. The highest BCUT2D eigenvalue weighted by molar-refractivity contribution is 5.29. The standard InChI is InChI=1S/C23H29N2/c1-19(2)24-15-16-25(18-24)20(3)23(4,22-13-9-6-10-14-22)17-21-11-7-5-8-12-21/h5-16,18-20H,17H2,1-4H3/q+1. The molecule has 0 aliphatic rings. The van der Waals surface area contributed by atoms with Gasteiger partial charge in [-0.1, -0.05) is 67.6 Å². The Morgan fingerprint density at radius 2 is 1.52 bits per heavy atom. The van der Waals surface area contributed by atoms with Crippen molar-refractivity contribution in [2.24, 2.45) is 0 Å². The zero-order valence-electron chi connectivity index (χ0n) is 15.8. The minimum Gasteiger partial charge on any atom is -0.235 e. The maximum atomic E-state index is 2.39. The molecule has 3 aromatic rings. The number of rotatable bonds is 6. The van der Waals surface area contributed by atoms with Gasteiger partial charge in [-0.2, -0.15) is 0 Å². The van der Waals surface area contributed by atoms with Gasteiger partial charge in [0.05, 0.1) is 6.04 Å². The van der Waals surface area contributed by atoms with E-state index in [0.29, 0.717) is 12.1 Å². The summed E-state index contributed by atoms with van der Waals surface area (Å²) >= 11 is 0. The second-order valence-electron chi connectivity index (χ2n) is 7.52. The minimum absolute atomic E-state index is 0.0104. The molecule has 2 nitrogen and oxygen atoms in total. The van der Waals surface area contributed by atoms with E-state index in [9.17, 15) is 0 Å². The van der Waals surface area contributed by atoms with Gasteiger partial charge in [-0.3, -0.25) is 0 Å². The van der Waals surface area contributed by atoms with Gasteiger partial charge in [0.2, 0.25) is 6.33 Å². The summed E-state index contributed by atoms with van der Waals surface area (Å²) in [6.07, 6.45) is 7.63. The van der Waals surface area contributed by atoms with Crippen molar-refractivity contribution in [2.75, 3.05) is 0 Å². The first-order valence-corrected chi connectivity index (χ1v) is 9.18. The molecule has 25 heavy (non-hydrogen) atoms. The van der Waals surface area contributed by atoms with E-state index in [1.165, 1.54) is 11.1 Å². The predicted molar refractivity (Wildman–Crippen MR) is 104 cm³/mol. The fraction of sp³-hybridized carbons (Fsp3) is 0.348. The van der Waals surface area contributed by atoms with Crippen LogP contribution in [0, 0.1) is 0 Å². The van der Waals surface area contributed by atoms with Crippen LogP contribution in [0.25, 0.3) is 0 Å². The van der Waals surface area contributed by atoms with Gasteiger partial charge in [-0.25, -0.2) is 9.13 Å². The summed E-state index contributed by atoms with van der Waals surface area (Å²) in [6.45, 7) is 9.16. The molecule has 2 aromatic carbocycles. The van der Waals surface area contributed by atoms with Crippen LogP contribution >= 0.6 is 0 Å². The van der Waals surface area contributed by atoms with Crippen molar-refractivity contribution < 1.29 is 4.57 Å². The first kappa shape index (κ1) is 17.5. The van der Waals surface area contributed by atoms with Crippen molar-refractivity contribution >= 4 is 0 Å². The molecule has 1 heterocycles. The van der Waals surface area contributed by atoms with Crippen LogP contribution < -0.4 is 4.57 Å². The number of hydrogen-bond donors (Lipinski definition) is 0. The Balaban J connectivity index is 2.00. The lowest BCUT2D eigenvalue weighted by atomic mass is 9.72. The summed E-state index contributed by atoms with van der Waals surface area (Å²) in [7, 11) is 0. The Bertz CT molecular complexity index is 789. The highest BCUT2D eigenvalue weighted by atomic mass is 15.1. The third-order valence-corrected chi connectivity index (χ3v) is 5.49. The van der Waals surface area contributed by atoms with E-state index in [-0.39, 0.29) is 5.41 Å². The maximum Gasteiger partial charge on any atom is 0.244 e. The molecule has 0 saturated heterocycles. The SMILES string of the molecule is CC(C)n1cc[n+](C(C)C(C)(Cc2ccccc2)c2ccccc2)c1. The van der Waals surface area contributed by atoms with E-state index in [0.717, 1.165) is 6.42 Å². The van der Waals surface area contributed by atoms with E-state index in [1.807, 2.05) is 0 Å². The Morgan fingerprint density at radius 1 is 0.920 bits per heavy atom. The number of hydrogen-bond acceptors (Lipinski definition) is 0. The molecule has 2 unspecified atom stereocenters. The largest absolute Gasteiger partial charge is 0.244 e. The Labute approximate surface area is 151 Å². The monoisotopic (exact) mass is 333 g/mol. The lowest BCUT2D eigenvalue weighted by molar-refractivity contribution is -0.728. The average molecular weight is 333 g/mol. The van der Waals surface area contributed by atoms with Crippen LogP contribution in [0.5, 0.6) is 0 Å². The van der Waals surface area contributed by atoms with E-state index < -0.39 is 0 Å². The molecule has 3 rings (SSSR count). The molecule has 130 valence electrons. The van der Waals surface area contributed by atoms with Gasteiger partial charge in [-0.05, 0) is 38.3 Å². The molecule has 0 amide bonds. The molecule has 0 spiro atoms. The molecule has 0 N–H and O–H groups in total. The van der Waals surface area contributed by atoms with Crippen LogP contribution in [-0.2, 0) is 11.8 Å². The molecule has 0 radical (unpaired) electrons. The highest BCUT2D eigenvalue weighted by Gasteiger charge is 2.37. The smallest absolute Gasteiger partial charge is 0.235 e. The topological polar surface area (TPSA) is 8.81 Å². The predicted octanol–water partition coefficient (Wildman–Crippen LogP) is 5.12. The van der Waals surface area contributed by atoms with Gasteiger partial charge in [0.15, 0.2) is 0 Å². The normalized spacial score (nSPS) is 15.1. The first-order chi connectivity index (χ1) is 12.0. The number of aromatic nitrogens is 2. The molecule has 2 atom stereocenters. The van der Waals surface area contributed by atoms with Gasteiger partial charge >= 0.3 is 0 Å². The Morgan fingerprint density at radius 3 is 2.08 bits per heavy atom. The van der Waals surface area contributed by atoms with Gasteiger partial charge in [-0.15, -0.1) is 0 Å². The van der Waals surface area contributed by atoms with Crippen LogP contribution in [0.15, 0.2) is 79.4 Å². The van der Waals surface area contributed by atoms with Crippen molar-refractivity contribution in [3.63, 3.8) is 0 Å². The maximum absolute atomic E-state index is 2.39. The zero-order chi connectivity index (χ0) is 17.9. The van der Waals surface area contributed by atoms with Crippen LogP contribution in [-0.4, -0.2) is 4.57 Å². The summed E-state index contributed by atoms with van der Waals surface area (Å²) in [4.78, 5) is 0. The lowest BCUT2D eigenvalue weighted by Gasteiger charge is -2.34. The van der Waals surface area contributed by atoms with Crippen molar-refractivity contribution in [2.45, 2.75) is 51.6 Å². The molecule has 0 saturated carbocycles. The zero-order valence-corrected chi connectivity index (χ0v) is 15.8. The van der Waals surface area contributed by atoms with Crippen molar-refractivity contribution in [1.29, 1.82) is 0 Å².